The molecular weight excluding hydrogens is 501 g/mol. The molecule has 0 spiro atoms. The van der Waals surface area contributed by atoms with Crippen molar-refractivity contribution in [1.29, 1.82) is 0 Å². The fourth-order valence-electron chi connectivity index (χ4n) is 3.49. The second-order valence-electron chi connectivity index (χ2n) is 9.25. The number of allylic oxidation sites excluding steroid dienone is 1. The van der Waals surface area contributed by atoms with E-state index in [0.717, 1.165) is 12.5 Å². The molecule has 0 aromatic rings. The maximum Gasteiger partial charge on any atom is 0.669 e. The number of carbonyl (C=O) groups is 1. The van der Waals surface area contributed by atoms with Gasteiger partial charge in [-0.05, 0) is 71.8 Å². The first-order valence-electron chi connectivity index (χ1n) is 10.7. The van der Waals surface area contributed by atoms with Crippen molar-refractivity contribution in [2.24, 2.45) is 0 Å². The Labute approximate surface area is 200 Å². The van der Waals surface area contributed by atoms with Gasteiger partial charge >= 0.3 is 40.7 Å². The summed E-state index contributed by atoms with van der Waals surface area (Å²) >= 11 is 0. The highest BCUT2D eigenvalue weighted by Gasteiger charge is 2.51. The maximum absolute atomic E-state index is 11.4. The van der Waals surface area contributed by atoms with Crippen LogP contribution < -0.4 is 0 Å². The van der Waals surface area contributed by atoms with Gasteiger partial charge in [0.25, 0.3) is 0 Å². The van der Waals surface area contributed by atoms with Crippen molar-refractivity contribution in [1.82, 2.24) is 0 Å². The van der Waals surface area contributed by atoms with Gasteiger partial charge in [0.2, 0.25) is 0 Å². The van der Waals surface area contributed by atoms with Crippen LogP contribution in [0.1, 0.15) is 13.3 Å². The number of ether oxygens (including phenoxy) is 1. The predicted molar refractivity (Wildman–Crippen MR) is 136 cm³/mol. The van der Waals surface area contributed by atoms with Crippen LogP contribution in [0, 0.1) is 0 Å². The second-order valence-corrected chi connectivity index (χ2v) is 27.2. The fraction of sp³-hybridized carbons (Fsp3) is 0.833. The van der Waals surface area contributed by atoms with Gasteiger partial charge in [0, 0.05) is 27.4 Å². The number of hydrogen-bond donors (Lipinski definition) is 0. The van der Waals surface area contributed by atoms with Crippen molar-refractivity contribution in [3.63, 3.8) is 0 Å². The lowest BCUT2D eigenvalue weighted by atomic mass is 10.5. The first kappa shape index (κ1) is 32.0. The highest BCUT2D eigenvalue weighted by Crippen LogP contribution is 2.27. The molecule has 0 rings (SSSR count). The Balaban J connectivity index is 4.94. The minimum Gasteiger partial charge on any atom is -0.463 e. The molecule has 0 radical (unpaired) electrons. The molecule has 0 aliphatic heterocycles. The standard InChI is InChI=1S/C18H44O9Si5/c1-13-15-18(19)23-16-14-17-28(5,6)24-29(7,8)25-30(9,10)26-31(11,12)27-32(20-2,21-3)22-4/h13,15H,14,16-17H2,1-12H3. The Morgan fingerprint density at radius 1 is 0.719 bits per heavy atom. The number of hydrogen-bond acceptors (Lipinski definition) is 9. The topological polar surface area (TPSA) is 90.9 Å². The van der Waals surface area contributed by atoms with Crippen LogP contribution >= 0.6 is 0 Å². The average Bonchev–Trinajstić information content (AvgIpc) is 2.60. The van der Waals surface area contributed by atoms with Crippen molar-refractivity contribution in [3.8, 4) is 0 Å². The molecule has 0 bridgehead atoms. The van der Waals surface area contributed by atoms with E-state index in [2.05, 4.69) is 13.1 Å². The van der Waals surface area contributed by atoms with Gasteiger partial charge in [-0.2, -0.15) is 0 Å². The van der Waals surface area contributed by atoms with E-state index in [9.17, 15) is 4.79 Å². The van der Waals surface area contributed by atoms with Crippen LogP contribution in [0.5, 0.6) is 0 Å². The lowest BCUT2D eigenvalue weighted by molar-refractivity contribution is -0.137. The Kier molecular flexibility index (Phi) is 13.2. The first-order valence-corrected chi connectivity index (χ1v) is 23.9. The van der Waals surface area contributed by atoms with Crippen molar-refractivity contribution in [2.45, 2.75) is 71.8 Å². The van der Waals surface area contributed by atoms with Crippen molar-refractivity contribution in [3.05, 3.63) is 12.2 Å². The lowest BCUT2D eigenvalue weighted by Gasteiger charge is -2.41. The minimum atomic E-state index is -3.23. The summed E-state index contributed by atoms with van der Waals surface area (Å²) < 4.78 is 46.9. The van der Waals surface area contributed by atoms with E-state index in [0.29, 0.717) is 6.61 Å². The highest BCUT2D eigenvalue weighted by atomic mass is 28.5. The summed E-state index contributed by atoms with van der Waals surface area (Å²) in [6, 6.07) is 0.867. The SMILES string of the molecule is CC=CC(=O)OCCC[Si](C)(C)O[Si](C)(C)O[Si](C)(C)O[Si](C)(C)O[Si](OC)(OC)OC. The van der Waals surface area contributed by atoms with Gasteiger partial charge in [0.1, 0.15) is 0 Å². The third-order valence-corrected chi connectivity index (χ3v) is 22.2. The van der Waals surface area contributed by atoms with Gasteiger partial charge in [0.05, 0.1) is 6.61 Å². The molecule has 0 unspecified atom stereocenters. The number of rotatable bonds is 16. The zero-order valence-corrected chi connectivity index (χ0v) is 27.0. The quantitative estimate of drug-likeness (QED) is 0.122. The molecule has 0 heterocycles. The van der Waals surface area contributed by atoms with Crippen molar-refractivity contribution in [2.75, 3.05) is 27.9 Å². The fourth-order valence-corrected chi connectivity index (χ4v) is 25.2. The summed E-state index contributed by atoms with van der Waals surface area (Å²) in [5, 5.41) is 0. The van der Waals surface area contributed by atoms with Crippen molar-refractivity contribution >= 4 is 49.0 Å². The lowest BCUT2D eigenvalue weighted by Crippen LogP contribution is -2.61. The van der Waals surface area contributed by atoms with Gasteiger partial charge in [-0.25, -0.2) is 4.79 Å². The highest BCUT2D eigenvalue weighted by molar-refractivity contribution is 6.89. The second kappa shape index (κ2) is 13.2. The Morgan fingerprint density at radius 3 is 1.59 bits per heavy atom. The Hall–Kier alpha value is 0.0144. The molecule has 0 N–H and O–H groups in total. The van der Waals surface area contributed by atoms with Crippen LogP contribution in [0.25, 0.3) is 0 Å². The zero-order valence-electron chi connectivity index (χ0n) is 22.0. The summed E-state index contributed by atoms with van der Waals surface area (Å²) in [7, 11) is -8.53. The third-order valence-electron chi connectivity index (χ3n) is 4.10. The molecule has 0 amide bonds. The van der Waals surface area contributed by atoms with E-state index < -0.39 is 43.0 Å². The van der Waals surface area contributed by atoms with Gasteiger partial charge in [-0.15, -0.1) is 0 Å². The van der Waals surface area contributed by atoms with Crippen LogP contribution in [0.4, 0.5) is 0 Å². The Morgan fingerprint density at radius 2 is 1.16 bits per heavy atom. The van der Waals surface area contributed by atoms with E-state index in [1.54, 1.807) is 13.0 Å². The first-order chi connectivity index (χ1) is 14.5. The van der Waals surface area contributed by atoms with Crippen LogP contribution in [-0.4, -0.2) is 77.0 Å². The molecule has 14 heteroatoms. The van der Waals surface area contributed by atoms with E-state index >= 15 is 0 Å². The molecule has 32 heavy (non-hydrogen) atoms. The smallest absolute Gasteiger partial charge is 0.463 e. The molecule has 0 aromatic carbocycles. The van der Waals surface area contributed by atoms with Gasteiger partial charge in [-0.1, -0.05) is 6.08 Å². The summed E-state index contributed by atoms with van der Waals surface area (Å²) in [6.45, 7) is 18.4. The van der Waals surface area contributed by atoms with Crippen LogP contribution in [0.3, 0.4) is 0 Å². The van der Waals surface area contributed by atoms with E-state index in [1.165, 1.54) is 27.4 Å². The largest absolute Gasteiger partial charge is 0.669 e. The third kappa shape index (κ3) is 13.0. The average molecular weight is 545 g/mol. The molecule has 0 aliphatic rings. The molecule has 0 fully saturated rings. The molecule has 190 valence electrons. The zero-order chi connectivity index (χ0) is 25.3. The molecule has 0 saturated heterocycles. The number of esters is 1. The summed E-state index contributed by atoms with van der Waals surface area (Å²) in [5.74, 6) is -0.313. The summed E-state index contributed by atoms with van der Waals surface area (Å²) in [6.07, 6.45) is 3.85. The van der Waals surface area contributed by atoms with E-state index in [1.807, 2.05) is 39.3 Å². The predicted octanol–water partition coefficient (Wildman–Crippen LogP) is 4.25. The normalized spacial score (nSPS) is 14.2. The minimum absolute atomic E-state index is 0.313. The van der Waals surface area contributed by atoms with E-state index in [-0.39, 0.29) is 5.97 Å². The maximum atomic E-state index is 11.4. The summed E-state index contributed by atoms with van der Waals surface area (Å²) in [5.41, 5.74) is 0. The molecule has 0 saturated carbocycles. The summed E-state index contributed by atoms with van der Waals surface area (Å²) in [4.78, 5) is 11.4. The van der Waals surface area contributed by atoms with Gasteiger partial charge in [0.15, 0.2) is 8.32 Å². The monoisotopic (exact) mass is 544 g/mol. The van der Waals surface area contributed by atoms with Gasteiger partial charge < -0.3 is 34.5 Å². The van der Waals surface area contributed by atoms with E-state index in [4.69, 9.17) is 34.5 Å². The number of carbonyl (C=O) groups excluding carboxylic acids is 1. The molecule has 9 nitrogen and oxygen atoms in total. The molecule has 0 aromatic heterocycles. The van der Waals surface area contributed by atoms with Crippen LogP contribution in [-0.2, 0) is 39.3 Å². The van der Waals surface area contributed by atoms with Crippen molar-refractivity contribution < 1.29 is 39.3 Å². The molecule has 0 atom stereocenters. The van der Waals surface area contributed by atoms with Gasteiger partial charge in [-0.3, -0.25) is 0 Å². The van der Waals surface area contributed by atoms with Crippen LogP contribution in [0.2, 0.25) is 58.4 Å². The Bertz CT molecular complexity index is 599. The molecular formula is C18H44O9Si5. The molecule has 0 aliphatic carbocycles. The van der Waals surface area contributed by atoms with Crippen LogP contribution in [0.15, 0.2) is 12.2 Å².